The largest absolute Gasteiger partial charge is 0.392 e. The quantitative estimate of drug-likeness (QED) is 0.813. The molecule has 0 unspecified atom stereocenters. The molecule has 0 aromatic heterocycles. The van der Waals surface area contributed by atoms with Crippen molar-refractivity contribution in [3.63, 3.8) is 0 Å². The van der Waals surface area contributed by atoms with E-state index in [1.54, 1.807) is 17.8 Å². The van der Waals surface area contributed by atoms with Crippen molar-refractivity contribution in [2.45, 2.75) is 24.1 Å². The fraction of sp³-hybridized carbons (Fsp3) is 0.500. The summed E-state index contributed by atoms with van der Waals surface area (Å²) in [5, 5.41) is 0. The van der Waals surface area contributed by atoms with E-state index in [0.29, 0.717) is 4.99 Å². The van der Waals surface area contributed by atoms with Gasteiger partial charge >= 0.3 is 0 Å². The number of rotatable bonds is 4. The first-order valence-corrected chi connectivity index (χ1v) is 8.90. The maximum Gasteiger partial charge on any atom is 0.124 e. The number of thiocarbonyl (C=S) groups is 1. The van der Waals surface area contributed by atoms with Gasteiger partial charge in [0.05, 0.1) is 9.74 Å². The number of likely N-dealkylation sites (tertiary alicyclic amines) is 1. The zero-order chi connectivity index (χ0) is 14.8. The lowest BCUT2D eigenvalue weighted by Gasteiger charge is -2.40. The average molecular weight is 377 g/mol. The maximum atomic E-state index is 13.4. The van der Waals surface area contributed by atoms with Gasteiger partial charge in [0.1, 0.15) is 5.82 Å². The van der Waals surface area contributed by atoms with Gasteiger partial charge in [0.2, 0.25) is 0 Å². The maximum absolute atomic E-state index is 13.4. The monoisotopic (exact) mass is 376 g/mol. The molecular formula is C14H18BrFN2S2. The highest BCUT2D eigenvalue weighted by molar-refractivity contribution is 9.10. The molecule has 0 amide bonds. The Morgan fingerprint density at radius 1 is 1.45 bits per heavy atom. The minimum atomic E-state index is -0.201. The van der Waals surface area contributed by atoms with Crippen molar-refractivity contribution in [2.75, 3.05) is 19.3 Å². The molecule has 0 atom stereocenters. The molecule has 0 aliphatic carbocycles. The zero-order valence-electron chi connectivity index (χ0n) is 11.4. The van der Waals surface area contributed by atoms with Crippen LogP contribution in [-0.2, 0) is 6.54 Å². The van der Waals surface area contributed by atoms with Gasteiger partial charge in [-0.2, -0.15) is 11.8 Å². The lowest BCUT2D eigenvalue weighted by molar-refractivity contribution is 0.212. The molecule has 1 aliphatic heterocycles. The first-order chi connectivity index (χ1) is 9.45. The Labute approximate surface area is 137 Å². The van der Waals surface area contributed by atoms with Crippen LogP contribution >= 0.6 is 39.9 Å². The van der Waals surface area contributed by atoms with Crippen LogP contribution in [0.5, 0.6) is 0 Å². The Morgan fingerprint density at radius 3 is 2.60 bits per heavy atom. The third-order valence-electron chi connectivity index (χ3n) is 3.83. The van der Waals surface area contributed by atoms with Gasteiger partial charge in [-0.3, -0.25) is 4.90 Å². The van der Waals surface area contributed by atoms with Crippen molar-refractivity contribution in [1.82, 2.24) is 4.90 Å². The van der Waals surface area contributed by atoms with Crippen LogP contribution in [0.4, 0.5) is 4.39 Å². The third kappa shape index (κ3) is 3.72. The van der Waals surface area contributed by atoms with Gasteiger partial charge in [-0.15, -0.1) is 0 Å². The summed E-state index contributed by atoms with van der Waals surface area (Å²) in [4.78, 5) is 2.94. The van der Waals surface area contributed by atoms with Gasteiger partial charge in [-0.05, 0) is 42.9 Å². The number of piperidine rings is 1. The molecule has 2 N–H and O–H groups in total. The number of benzene rings is 1. The second-order valence-electron chi connectivity index (χ2n) is 5.12. The summed E-state index contributed by atoms with van der Waals surface area (Å²) in [6, 6.07) is 5.03. The predicted octanol–water partition coefficient (Wildman–Crippen LogP) is 3.57. The van der Waals surface area contributed by atoms with Crippen LogP contribution in [0.3, 0.4) is 0 Å². The first-order valence-electron chi connectivity index (χ1n) is 6.47. The van der Waals surface area contributed by atoms with Crippen LogP contribution in [0, 0.1) is 5.82 Å². The fourth-order valence-electron chi connectivity index (χ4n) is 2.58. The highest BCUT2D eigenvalue weighted by Gasteiger charge is 2.36. The van der Waals surface area contributed by atoms with Crippen molar-refractivity contribution < 1.29 is 4.39 Å². The van der Waals surface area contributed by atoms with Gasteiger partial charge in [0, 0.05) is 24.1 Å². The summed E-state index contributed by atoms with van der Waals surface area (Å²) < 4.78 is 14.1. The van der Waals surface area contributed by atoms with Crippen LogP contribution in [-0.4, -0.2) is 34.0 Å². The number of halogens is 2. The lowest BCUT2D eigenvalue weighted by atomic mass is 9.95. The molecule has 110 valence electrons. The van der Waals surface area contributed by atoms with E-state index >= 15 is 0 Å². The molecule has 1 aromatic carbocycles. The van der Waals surface area contributed by atoms with E-state index in [0.717, 1.165) is 42.5 Å². The van der Waals surface area contributed by atoms with Crippen molar-refractivity contribution in [3.05, 3.63) is 34.1 Å². The van der Waals surface area contributed by atoms with E-state index in [2.05, 4.69) is 27.1 Å². The normalized spacial score (nSPS) is 18.9. The Kier molecular flexibility index (Phi) is 5.45. The number of hydrogen-bond donors (Lipinski definition) is 1. The molecule has 0 spiro atoms. The number of nitrogens with two attached hydrogens (primary N) is 1. The van der Waals surface area contributed by atoms with E-state index in [1.807, 2.05) is 6.07 Å². The zero-order valence-corrected chi connectivity index (χ0v) is 14.6. The Balaban J connectivity index is 1.99. The van der Waals surface area contributed by atoms with Crippen molar-refractivity contribution in [2.24, 2.45) is 5.73 Å². The summed E-state index contributed by atoms with van der Waals surface area (Å²) in [7, 11) is 0. The summed E-state index contributed by atoms with van der Waals surface area (Å²) >= 11 is 10.3. The molecular weight excluding hydrogens is 359 g/mol. The first kappa shape index (κ1) is 16.2. The van der Waals surface area contributed by atoms with Crippen LogP contribution in [0.15, 0.2) is 22.7 Å². The van der Waals surface area contributed by atoms with Gasteiger partial charge < -0.3 is 5.73 Å². The molecule has 20 heavy (non-hydrogen) atoms. The molecule has 2 nitrogen and oxygen atoms in total. The lowest BCUT2D eigenvalue weighted by Crippen LogP contribution is -2.48. The average Bonchev–Trinajstić information content (AvgIpc) is 2.38. The standard InChI is InChI=1S/C14H18BrFN2S2/c1-20-14(13(17)19)2-4-18(5-3-14)9-10-6-11(15)8-12(16)7-10/h6-8H,2-5,9H2,1H3,(H2,17,19). The highest BCUT2D eigenvalue weighted by atomic mass is 79.9. The van der Waals surface area contributed by atoms with Crippen LogP contribution in [0.1, 0.15) is 18.4 Å². The highest BCUT2D eigenvalue weighted by Crippen LogP contribution is 2.35. The minimum absolute atomic E-state index is 0.0612. The van der Waals surface area contributed by atoms with E-state index < -0.39 is 0 Å². The van der Waals surface area contributed by atoms with E-state index in [4.69, 9.17) is 18.0 Å². The van der Waals surface area contributed by atoms with Gasteiger partial charge in [0.25, 0.3) is 0 Å². The molecule has 0 saturated carbocycles. The van der Waals surface area contributed by atoms with Gasteiger partial charge in [0.15, 0.2) is 0 Å². The van der Waals surface area contributed by atoms with Gasteiger partial charge in [-0.25, -0.2) is 4.39 Å². The topological polar surface area (TPSA) is 29.3 Å². The molecule has 6 heteroatoms. The van der Waals surface area contributed by atoms with Crippen molar-refractivity contribution >= 4 is 44.9 Å². The Hall–Kier alpha value is -0.170. The number of nitrogens with zero attached hydrogens (tertiary/aromatic N) is 1. The Morgan fingerprint density at radius 2 is 2.10 bits per heavy atom. The van der Waals surface area contributed by atoms with Gasteiger partial charge in [-0.1, -0.05) is 28.1 Å². The molecule has 1 heterocycles. The number of hydrogen-bond acceptors (Lipinski definition) is 3. The SMILES string of the molecule is CSC1(C(N)=S)CCN(Cc2cc(F)cc(Br)c2)CC1. The molecule has 1 aromatic rings. The molecule has 0 radical (unpaired) electrons. The molecule has 2 rings (SSSR count). The Bertz CT molecular complexity index is 482. The van der Waals surface area contributed by atoms with E-state index in [-0.39, 0.29) is 10.6 Å². The molecule has 1 saturated heterocycles. The summed E-state index contributed by atoms with van der Waals surface area (Å²) in [5.74, 6) is -0.201. The second-order valence-corrected chi connectivity index (χ2v) is 7.66. The molecule has 1 fully saturated rings. The van der Waals surface area contributed by atoms with Crippen molar-refractivity contribution in [3.8, 4) is 0 Å². The molecule has 0 bridgehead atoms. The minimum Gasteiger partial charge on any atom is -0.392 e. The third-order valence-corrected chi connectivity index (χ3v) is 6.22. The van der Waals surface area contributed by atoms with Crippen LogP contribution in [0.2, 0.25) is 0 Å². The van der Waals surface area contributed by atoms with Crippen molar-refractivity contribution in [1.29, 1.82) is 0 Å². The smallest absolute Gasteiger partial charge is 0.124 e. The number of thioether (sulfide) groups is 1. The van der Waals surface area contributed by atoms with E-state index in [1.165, 1.54) is 6.07 Å². The summed E-state index contributed by atoms with van der Waals surface area (Å²) in [6.45, 7) is 2.64. The predicted molar refractivity (Wildman–Crippen MR) is 91.6 cm³/mol. The van der Waals surface area contributed by atoms with E-state index in [9.17, 15) is 4.39 Å². The second kappa shape index (κ2) is 6.73. The summed E-state index contributed by atoms with van der Waals surface area (Å²) in [5.41, 5.74) is 6.88. The van der Waals surface area contributed by atoms with Crippen LogP contribution in [0.25, 0.3) is 0 Å². The summed E-state index contributed by atoms with van der Waals surface area (Å²) in [6.07, 6.45) is 3.98. The molecule has 1 aliphatic rings. The fourth-order valence-corrected chi connectivity index (χ4v) is 4.34. The van der Waals surface area contributed by atoms with Crippen LogP contribution < -0.4 is 5.73 Å².